The maximum atomic E-state index is 11.8. The lowest BCUT2D eigenvalue weighted by Gasteiger charge is -2.16. The second kappa shape index (κ2) is 5.57. The molecule has 18 heavy (non-hydrogen) atoms. The molecular weight excluding hydrogens is 232 g/mol. The molecular formula is C12H18N4O2. The number of hydrogen-bond donors (Lipinski definition) is 2. The van der Waals surface area contributed by atoms with E-state index in [0.717, 1.165) is 25.9 Å². The fourth-order valence-electron chi connectivity index (χ4n) is 1.96. The molecule has 1 fully saturated rings. The molecule has 1 saturated heterocycles. The van der Waals surface area contributed by atoms with Gasteiger partial charge in [0.25, 0.3) is 0 Å². The Balaban J connectivity index is 1.91. The van der Waals surface area contributed by atoms with Crippen molar-refractivity contribution in [2.24, 2.45) is 0 Å². The molecule has 0 saturated carbocycles. The van der Waals surface area contributed by atoms with E-state index in [-0.39, 0.29) is 12.5 Å². The first kappa shape index (κ1) is 12.5. The van der Waals surface area contributed by atoms with Crippen molar-refractivity contribution in [2.45, 2.75) is 12.8 Å². The van der Waals surface area contributed by atoms with Crippen LogP contribution in [0.15, 0.2) is 12.1 Å². The van der Waals surface area contributed by atoms with Crippen molar-refractivity contribution in [1.82, 2.24) is 9.88 Å². The third-order valence-electron chi connectivity index (χ3n) is 2.96. The van der Waals surface area contributed by atoms with E-state index >= 15 is 0 Å². The number of nitrogens with one attached hydrogen (secondary N) is 1. The van der Waals surface area contributed by atoms with Crippen molar-refractivity contribution in [3.63, 3.8) is 0 Å². The van der Waals surface area contributed by atoms with Gasteiger partial charge in [0.15, 0.2) is 0 Å². The molecule has 2 rings (SSSR count). The predicted octanol–water partition coefficient (Wildman–Crippen LogP) is 0.707. The van der Waals surface area contributed by atoms with Gasteiger partial charge in [-0.3, -0.25) is 4.79 Å². The maximum absolute atomic E-state index is 11.8. The number of ether oxygens (including phenoxy) is 1. The minimum atomic E-state index is 0.102. The zero-order chi connectivity index (χ0) is 13.0. The van der Waals surface area contributed by atoms with Crippen molar-refractivity contribution in [2.75, 3.05) is 37.8 Å². The number of carbonyl (C=O) groups excluding carboxylic acids is 1. The number of hydrogen-bond acceptors (Lipinski definition) is 5. The Morgan fingerprint density at radius 2 is 2.22 bits per heavy atom. The number of carbonyl (C=O) groups is 1. The predicted molar refractivity (Wildman–Crippen MR) is 69.5 cm³/mol. The molecule has 0 atom stereocenters. The summed E-state index contributed by atoms with van der Waals surface area (Å²) in [6, 6.07) is 3.43. The van der Waals surface area contributed by atoms with Gasteiger partial charge in [-0.1, -0.05) is 0 Å². The van der Waals surface area contributed by atoms with E-state index in [9.17, 15) is 4.79 Å². The molecule has 1 amide bonds. The summed E-state index contributed by atoms with van der Waals surface area (Å²) in [7, 11) is 1.51. The zero-order valence-electron chi connectivity index (χ0n) is 10.5. The standard InChI is InChI=1S/C12H18N4O2/c1-18-12-9(13)4-5-10(15-12)14-8-11(17)16-6-2-3-7-16/h4-5H,2-3,6-8,13H2,1H3,(H,14,15). The molecule has 0 unspecified atom stereocenters. The molecule has 6 heteroatoms. The van der Waals surface area contributed by atoms with Gasteiger partial charge in [0.2, 0.25) is 11.8 Å². The molecule has 0 spiro atoms. The molecule has 0 bridgehead atoms. The lowest BCUT2D eigenvalue weighted by Crippen LogP contribution is -2.33. The Labute approximate surface area is 106 Å². The molecule has 3 N–H and O–H groups in total. The molecule has 1 aliphatic heterocycles. The first-order chi connectivity index (χ1) is 8.70. The van der Waals surface area contributed by atoms with Crippen LogP contribution >= 0.6 is 0 Å². The largest absolute Gasteiger partial charge is 0.479 e. The van der Waals surface area contributed by atoms with Gasteiger partial charge in [-0.05, 0) is 25.0 Å². The van der Waals surface area contributed by atoms with Gasteiger partial charge < -0.3 is 20.7 Å². The summed E-state index contributed by atoms with van der Waals surface area (Å²) in [4.78, 5) is 17.8. The average molecular weight is 250 g/mol. The summed E-state index contributed by atoms with van der Waals surface area (Å²) in [6.45, 7) is 1.97. The number of rotatable bonds is 4. The molecule has 1 aliphatic rings. The smallest absolute Gasteiger partial charge is 0.241 e. The molecule has 6 nitrogen and oxygen atoms in total. The Kier molecular flexibility index (Phi) is 3.86. The van der Waals surface area contributed by atoms with E-state index in [1.54, 1.807) is 12.1 Å². The van der Waals surface area contributed by atoms with Crippen LogP contribution in [0.4, 0.5) is 11.5 Å². The summed E-state index contributed by atoms with van der Waals surface area (Å²) in [5.41, 5.74) is 6.15. The highest BCUT2D eigenvalue weighted by molar-refractivity contribution is 5.80. The Morgan fingerprint density at radius 3 is 2.89 bits per heavy atom. The van der Waals surface area contributed by atoms with Gasteiger partial charge in [0, 0.05) is 13.1 Å². The number of nitrogens with two attached hydrogens (primary N) is 1. The van der Waals surface area contributed by atoms with Gasteiger partial charge in [-0.15, -0.1) is 0 Å². The molecule has 2 heterocycles. The van der Waals surface area contributed by atoms with Crippen LogP contribution in [0.2, 0.25) is 0 Å². The first-order valence-corrected chi connectivity index (χ1v) is 6.03. The van der Waals surface area contributed by atoms with Gasteiger partial charge in [-0.25, -0.2) is 0 Å². The van der Waals surface area contributed by atoms with Crippen LogP contribution in [0.1, 0.15) is 12.8 Å². The summed E-state index contributed by atoms with van der Waals surface area (Å²) in [5, 5.41) is 2.99. The Morgan fingerprint density at radius 1 is 1.50 bits per heavy atom. The topological polar surface area (TPSA) is 80.5 Å². The quantitative estimate of drug-likeness (QED) is 0.822. The molecule has 98 valence electrons. The summed E-state index contributed by atoms with van der Waals surface area (Å²) < 4.78 is 5.02. The van der Waals surface area contributed by atoms with E-state index in [1.807, 2.05) is 4.90 Å². The normalized spacial score (nSPS) is 14.6. The Hall–Kier alpha value is -1.98. The second-order valence-electron chi connectivity index (χ2n) is 4.24. The molecule has 1 aromatic heterocycles. The number of anilines is 2. The molecule has 1 aromatic rings. The number of likely N-dealkylation sites (tertiary alicyclic amines) is 1. The highest BCUT2D eigenvalue weighted by Crippen LogP contribution is 2.20. The number of amides is 1. The first-order valence-electron chi connectivity index (χ1n) is 6.03. The van der Waals surface area contributed by atoms with Crippen LogP contribution in [0.25, 0.3) is 0 Å². The van der Waals surface area contributed by atoms with E-state index in [2.05, 4.69) is 10.3 Å². The van der Waals surface area contributed by atoms with Crippen LogP contribution < -0.4 is 15.8 Å². The molecule has 0 aromatic carbocycles. The monoisotopic (exact) mass is 250 g/mol. The summed E-state index contributed by atoms with van der Waals surface area (Å²) in [6.07, 6.45) is 2.19. The summed E-state index contributed by atoms with van der Waals surface area (Å²) in [5.74, 6) is 1.06. The van der Waals surface area contributed by atoms with Crippen LogP contribution in [0, 0.1) is 0 Å². The van der Waals surface area contributed by atoms with Crippen LogP contribution in [0.5, 0.6) is 5.88 Å². The lowest BCUT2D eigenvalue weighted by atomic mass is 10.4. The van der Waals surface area contributed by atoms with Crippen molar-refractivity contribution in [3.05, 3.63) is 12.1 Å². The average Bonchev–Trinajstić information content (AvgIpc) is 2.91. The number of methoxy groups -OCH3 is 1. The SMILES string of the molecule is COc1nc(NCC(=O)N2CCCC2)ccc1N. The minimum absolute atomic E-state index is 0.102. The van der Waals surface area contributed by atoms with Crippen molar-refractivity contribution in [3.8, 4) is 5.88 Å². The molecule has 0 radical (unpaired) electrons. The fourth-order valence-corrected chi connectivity index (χ4v) is 1.96. The summed E-state index contributed by atoms with van der Waals surface area (Å²) >= 11 is 0. The van der Waals surface area contributed by atoms with E-state index in [0.29, 0.717) is 17.4 Å². The van der Waals surface area contributed by atoms with E-state index in [1.165, 1.54) is 7.11 Å². The Bertz CT molecular complexity index is 430. The van der Waals surface area contributed by atoms with Gasteiger partial charge in [-0.2, -0.15) is 4.98 Å². The van der Waals surface area contributed by atoms with E-state index < -0.39 is 0 Å². The second-order valence-corrected chi connectivity index (χ2v) is 4.24. The molecule has 0 aliphatic carbocycles. The fraction of sp³-hybridized carbons (Fsp3) is 0.500. The van der Waals surface area contributed by atoms with E-state index in [4.69, 9.17) is 10.5 Å². The highest BCUT2D eigenvalue weighted by Gasteiger charge is 2.17. The van der Waals surface area contributed by atoms with Gasteiger partial charge >= 0.3 is 0 Å². The third-order valence-corrected chi connectivity index (χ3v) is 2.96. The zero-order valence-corrected chi connectivity index (χ0v) is 10.5. The van der Waals surface area contributed by atoms with Crippen molar-refractivity contribution in [1.29, 1.82) is 0 Å². The number of pyridine rings is 1. The van der Waals surface area contributed by atoms with Crippen molar-refractivity contribution >= 4 is 17.4 Å². The number of nitrogen functional groups attached to an aromatic ring is 1. The van der Waals surface area contributed by atoms with Crippen LogP contribution in [0.3, 0.4) is 0 Å². The highest BCUT2D eigenvalue weighted by atomic mass is 16.5. The van der Waals surface area contributed by atoms with Crippen LogP contribution in [-0.2, 0) is 4.79 Å². The van der Waals surface area contributed by atoms with Crippen molar-refractivity contribution < 1.29 is 9.53 Å². The third kappa shape index (κ3) is 2.82. The maximum Gasteiger partial charge on any atom is 0.241 e. The number of aromatic nitrogens is 1. The lowest BCUT2D eigenvalue weighted by molar-refractivity contribution is -0.128. The van der Waals surface area contributed by atoms with Gasteiger partial charge in [0.1, 0.15) is 5.82 Å². The van der Waals surface area contributed by atoms with Crippen LogP contribution in [-0.4, -0.2) is 42.5 Å². The minimum Gasteiger partial charge on any atom is -0.479 e. The number of nitrogens with zero attached hydrogens (tertiary/aromatic N) is 2. The van der Waals surface area contributed by atoms with Gasteiger partial charge in [0.05, 0.1) is 19.3 Å².